The van der Waals surface area contributed by atoms with Gasteiger partial charge in [0.05, 0.1) is 11.2 Å². The highest BCUT2D eigenvalue weighted by Crippen LogP contribution is 2.39. The Bertz CT molecular complexity index is 1360. The van der Waals surface area contributed by atoms with Gasteiger partial charge in [0.15, 0.2) is 11.5 Å². The molecule has 2 aromatic heterocycles. The van der Waals surface area contributed by atoms with Crippen LogP contribution in [0.4, 0.5) is 0 Å². The van der Waals surface area contributed by atoms with Crippen LogP contribution in [0.5, 0.6) is 0 Å². The molecule has 3 aromatic rings. The average Bonchev–Trinajstić information content (AvgIpc) is 3.39. The van der Waals surface area contributed by atoms with Crippen LogP contribution in [0, 0.1) is 12.3 Å². The molecule has 174 valence electrons. The lowest BCUT2D eigenvalue weighted by Gasteiger charge is -2.33. The predicted octanol–water partition coefficient (Wildman–Crippen LogP) is 3.37. The Morgan fingerprint density at radius 1 is 1.12 bits per heavy atom. The third kappa shape index (κ3) is 3.69. The van der Waals surface area contributed by atoms with Crippen LogP contribution in [0.3, 0.4) is 0 Å². The number of furan rings is 1. The number of rotatable bonds is 3. The minimum Gasteiger partial charge on any atom is -0.459 e. The summed E-state index contributed by atoms with van der Waals surface area (Å²) in [5.41, 5.74) is 2.73. The van der Waals surface area contributed by atoms with Gasteiger partial charge in [-0.1, -0.05) is 13.8 Å². The van der Waals surface area contributed by atoms with Crippen molar-refractivity contribution in [3.63, 3.8) is 0 Å². The molecule has 1 saturated heterocycles. The quantitative estimate of drug-likeness (QED) is 0.633. The molecule has 2 aliphatic rings. The van der Waals surface area contributed by atoms with E-state index in [4.69, 9.17) is 4.42 Å². The molecule has 0 atom stereocenters. The molecule has 1 aliphatic carbocycles. The number of aromatic amines is 1. The molecule has 1 fully saturated rings. The molecule has 5 rings (SSSR count). The summed E-state index contributed by atoms with van der Waals surface area (Å²) in [6, 6.07) is 6.72. The first-order valence-corrected chi connectivity index (χ1v) is 12.5. The smallest absolute Gasteiger partial charge is 0.289 e. The minimum absolute atomic E-state index is 0.0971. The van der Waals surface area contributed by atoms with Gasteiger partial charge >= 0.3 is 0 Å². The highest BCUT2D eigenvalue weighted by atomic mass is 32.2. The molecule has 1 N–H and O–H groups in total. The second-order valence-electron chi connectivity index (χ2n) is 9.76. The maximum Gasteiger partial charge on any atom is 0.289 e. The topological polar surface area (TPSA) is 104 Å². The summed E-state index contributed by atoms with van der Waals surface area (Å²) in [6.45, 7) is 6.90. The number of fused-ring (bicyclic) bond motifs is 3. The summed E-state index contributed by atoms with van der Waals surface area (Å²) >= 11 is 0. The van der Waals surface area contributed by atoms with E-state index in [1.165, 1.54) is 10.6 Å². The van der Waals surface area contributed by atoms with Crippen molar-refractivity contribution in [1.29, 1.82) is 0 Å². The fraction of sp³-hybridized carbons (Fsp3) is 0.417. The van der Waals surface area contributed by atoms with Gasteiger partial charge in [0.25, 0.3) is 5.91 Å². The number of piperazine rings is 1. The van der Waals surface area contributed by atoms with Gasteiger partial charge in [-0.25, -0.2) is 8.42 Å². The number of aryl methyl sites for hydroxylation is 1. The monoisotopic (exact) mass is 469 g/mol. The summed E-state index contributed by atoms with van der Waals surface area (Å²) in [4.78, 5) is 30.4. The molecular weight excluding hydrogens is 442 g/mol. The third-order valence-corrected chi connectivity index (χ3v) is 8.66. The first-order valence-electron chi connectivity index (χ1n) is 11.1. The number of carbonyl (C=O) groups is 2. The summed E-state index contributed by atoms with van der Waals surface area (Å²) in [5.74, 6) is 0.111. The maximum absolute atomic E-state index is 13.5. The van der Waals surface area contributed by atoms with Crippen molar-refractivity contribution in [1.82, 2.24) is 14.2 Å². The molecule has 1 amide bonds. The van der Waals surface area contributed by atoms with Crippen LogP contribution in [0.2, 0.25) is 0 Å². The third-order valence-electron chi connectivity index (χ3n) is 6.62. The number of nitrogens with one attached hydrogen (secondary N) is 1. The van der Waals surface area contributed by atoms with Crippen molar-refractivity contribution in [3.8, 4) is 0 Å². The largest absolute Gasteiger partial charge is 0.459 e. The number of aromatic nitrogens is 1. The summed E-state index contributed by atoms with van der Waals surface area (Å²) in [7, 11) is -3.76. The number of nitrogens with zero attached hydrogens (tertiary/aromatic N) is 2. The highest BCUT2D eigenvalue weighted by molar-refractivity contribution is 7.89. The lowest BCUT2D eigenvalue weighted by atomic mass is 9.76. The van der Waals surface area contributed by atoms with Gasteiger partial charge in [0.1, 0.15) is 0 Å². The van der Waals surface area contributed by atoms with Crippen molar-refractivity contribution < 1.29 is 22.4 Å². The van der Waals surface area contributed by atoms with Crippen molar-refractivity contribution in [3.05, 3.63) is 53.1 Å². The molecule has 1 aromatic carbocycles. The predicted molar refractivity (Wildman–Crippen MR) is 123 cm³/mol. The van der Waals surface area contributed by atoms with E-state index in [0.29, 0.717) is 36.2 Å². The van der Waals surface area contributed by atoms with Gasteiger partial charge in [0, 0.05) is 54.8 Å². The molecule has 3 heterocycles. The van der Waals surface area contributed by atoms with Gasteiger partial charge in [-0.3, -0.25) is 9.59 Å². The molecule has 0 saturated carbocycles. The number of hydrogen-bond acceptors (Lipinski definition) is 5. The Kier molecular flexibility index (Phi) is 5.02. The highest BCUT2D eigenvalue weighted by Gasteiger charge is 2.35. The number of H-pyrrole nitrogens is 1. The van der Waals surface area contributed by atoms with Crippen molar-refractivity contribution in [2.75, 3.05) is 26.2 Å². The van der Waals surface area contributed by atoms with Gasteiger partial charge in [-0.2, -0.15) is 4.31 Å². The molecule has 0 spiro atoms. The Labute approximate surface area is 192 Å². The van der Waals surface area contributed by atoms with Crippen LogP contribution in [0.15, 0.2) is 39.8 Å². The number of carbonyl (C=O) groups excluding carboxylic acids is 2. The van der Waals surface area contributed by atoms with Crippen LogP contribution in [0.25, 0.3) is 10.9 Å². The van der Waals surface area contributed by atoms with E-state index in [0.717, 1.165) is 17.5 Å². The summed E-state index contributed by atoms with van der Waals surface area (Å²) < 4.78 is 33.6. The SMILES string of the molecule is Cc1cc2c3c([nH]c2cc1S(=O)(=O)N1CCN(C(=O)c2ccco2)CC1)CC(C)(C)CC3=O. The van der Waals surface area contributed by atoms with E-state index >= 15 is 0 Å². The molecule has 0 radical (unpaired) electrons. The first-order chi connectivity index (χ1) is 15.6. The van der Waals surface area contributed by atoms with Crippen molar-refractivity contribution in [2.45, 2.75) is 38.5 Å². The Morgan fingerprint density at radius 2 is 1.85 bits per heavy atom. The first kappa shape index (κ1) is 21.9. The Hall–Kier alpha value is -2.91. The number of hydrogen-bond donors (Lipinski definition) is 1. The fourth-order valence-electron chi connectivity index (χ4n) is 5.01. The van der Waals surface area contributed by atoms with Crippen LogP contribution in [0.1, 0.15) is 52.4 Å². The molecule has 33 heavy (non-hydrogen) atoms. The van der Waals surface area contributed by atoms with Crippen LogP contribution in [-0.2, 0) is 16.4 Å². The van der Waals surface area contributed by atoms with E-state index in [9.17, 15) is 18.0 Å². The van der Waals surface area contributed by atoms with Crippen LogP contribution >= 0.6 is 0 Å². The average molecular weight is 470 g/mol. The van der Waals surface area contributed by atoms with Gasteiger partial charge in [0.2, 0.25) is 10.0 Å². The van der Waals surface area contributed by atoms with Crippen molar-refractivity contribution in [2.24, 2.45) is 5.41 Å². The van der Waals surface area contributed by atoms with E-state index in [1.54, 1.807) is 30.0 Å². The molecular formula is C24H27N3O5S. The second kappa shape index (κ2) is 7.56. The Balaban J connectivity index is 1.42. The summed E-state index contributed by atoms with van der Waals surface area (Å²) in [5, 5.41) is 0.788. The fourth-order valence-corrected chi connectivity index (χ4v) is 6.66. The van der Waals surface area contributed by atoms with Crippen LogP contribution in [-0.4, -0.2) is 60.5 Å². The molecule has 0 unspecified atom stereocenters. The van der Waals surface area contributed by atoms with Gasteiger partial charge in [-0.05, 0) is 48.6 Å². The minimum atomic E-state index is -3.76. The number of Topliss-reactive ketones (excluding diaryl/α,β-unsaturated/α-hetero) is 1. The number of benzene rings is 1. The van der Waals surface area contributed by atoms with E-state index < -0.39 is 10.0 Å². The van der Waals surface area contributed by atoms with Crippen LogP contribution < -0.4 is 0 Å². The molecule has 8 nitrogen and oxygen atoms in total. The second-order valence-corrected chi connectivity index (χ2v) is 11.7. The number of amides is 1. The maximum atomic E-state index is 13.5. The summed E-state index contributed by atoms with van der Waals surface area (Å²) in [6.07, 6.45) is 2.67. The number of ketones is 1. The van der Waals surface area contributed by atoms with E-state index in [2.05, 4.69) is 18.8 Å². The van der Waals surface area contributed by atoms with Gasteiger partial charge in [-0.15, -0.1) is 0 Å². The number of sulfonamides is 1. The zero-order chi connectivity index (χ0) is 23.5. The lowest BCUT2D eigenvalue weighted by Crippen LogP contribution is -2.50. The Morgan fingerprint density at radius 3 is 2.52 bits per heavy atom. The van der Waals surface area contributed by atoms with E-state index in [-0.39, 0.29) is 40.9 Å². The standard InChI is InChI=1S/C24H27N3O5S/c1-15-11-16-17(25-18-13-24(2,3)14-19(28)22(16)18)12-21(15)33(30,31)27-8-6-26(7-9-27)23(29)20-5-4-10-32-20/h4-5,10-12,25H,6-9,13-14H2,1-3H3. The molecule has 9 heteroatoms. The zero-order valence-electron chi connectivity index (χ0n) is 19.0. The lowest BCUT2D eigenvalue weighted by molar-refractivity contribution is 0.0665. The van der Waals surface area contributed by atoms with E-state index in [1.807, 2.05) is 6.07 Å². The molecule has 1 aliphatic heterocycles. The zero-order valence-corrected chi connectivity index (χ0v) is 19.8. The van der Waals surface area contributed by atoms with Crippen molar-refractivity contribution >= 4 is 32.6 Å². The normalized spacial score (nSPS) is 19.1. The van der Waals surface area contributed by atoms with Gasteiger partial charge < -0.3 is 14.3 Å². The molecule has 0 bridgehead atoms.